The van der Waals surface area contributed by atoms with E-state index in [-0.39, 0.29) is 5.91 Å². The summed E-state index contributed by atoms with van der Waals surface area (Å²) in [5.41, 5.74) is 5.39. The molecule has 0 spiro atoms. The number of rotatable bonds is 3. The summed E-state index contributed by atoms with van der Waals surface area (Å²) in [6.07, 6.45) is 0. The van der Waals surface area contributed by atoms with Crippen LogP contribution in [0.1, 0.15) is 21.5 Å². The number of hydrogen-bond donors (Lipinski definition) is 1. The number of nitrogens with zero attached hydrogens (tertiary/aromatic N) is 4. The molecule has 2 heterocycles. The predicted molar refractivity (Wildman–Crippen MR) is 102 cm³/mol. The van der Waals surface area contributed by atoms with Gasteiger partial charge in [0.2, 0.25) is 5.13 Å². The number of aromatic nitrogens is 4. The number of carbonyl (C=O) groups excluding carboxylic acids is 1. The molecule has 0 atom stereocenters. The molecule has 7 heteroatoms. The van der Waals surface area contributed by atoms with Gasteiger partial charge in [-0.05, 0) is 36.8 Å². The quantitative estimate of drug-likeness (QED) is 0.596. The summed E-state index contributed by atoms with van der Waals surface area (Å²) >= 11 is 1.04. The third kappa shape index (κ3) is 3.04. The van der Waals surface area contributed by atoms with Gasteiger partial charge in [0.05, 0.1) is 16.8 Å². The number of benzene rings is 2. The van der Waals surface area contributed by atoms with Crippen molar-refractivity contribution in [3.8, 4) is 11.3 Å². The average molecular weight is 361 g/mol. The Morgan fingerprint density at radius 1 is 1.08 bits per heavy atom. The van der Waals surface area contributed by atoms with Crippen LogP contribution in [0.3, 0.4) is 0 Å². The van der Waals surface area contributed by atoms with Crippen LogP contribution in [0.4, 0.5) is 5.13 Å². The maximum absolute atomic E-state index is 12.8. The van der Waals surface area contributed by atoms with Gasteiger partial charge in [-0.2, -0.15) is 0 Å². The molecule has 2 aromatic heterocycles. The molecule has 4 aromatic rings. The van der Waals surface area contributed by atoms with Crippen molar-refractivity contribution in [1.29, 1.82) is 0 Å². The molecule has 0 unspecified atom stereocenters. The molecule has 26 heavy (non-hydrogen) atoms. The standard InChI is InChI=1S/C19H15N5OS/c1-11-7-8-13(12(2)9-11)17-10-15(14-5-3-4-6-16(14)20-17)18(25)21-19-22-23-24-26-19/h3-10H,1-2H3,(H,21,22,24,25). The number of carbonyl (C=O) groups is 1. The maximum Gasteiger partial charge on any atom is 0.258 e. The Hall–Kier alpha value is -3.19. The lowest BCUT2D eigenvalue weighted by atomic mass is 9.99. The fourth-order valence-electron chi connectivity index (χ4n) is 2.95. The third-order valence-electron chi connectivity index (χ3n) is 4.14. The van der Waals surface area contributed by atoms with Crippen molar-refractivity contribution in [3.05, 3.63) is 65.2 Å². The summed E-state index contributed by atoms with van der Waals surface area (Å²) in [5, 5.41) is 11.2. The molecule has 128 valence electrons. The minimum absolute atomic E-state index is 0.256. The van der Waals surface area contributed by atoms with Crippen molar-refractivity contribution in [1.82, 2.24) is 19.8 Å². The zero-order chi connectivity index (χ0) is 18.1. The molecule has 6 nitrogen and oxygen atoms in total. The minimum atomic E-state index is -0.256. The van der Waals surface area contributed by atoms with Gasteiger partial charge in [-0.25, -0.2) is 4.98 Å². The van der Waals surface area contributed by atoms with Gasteiger partial charge in [-0.1, -0.05) is 51.5 Å². The van der Waals surface area contributed by atoms with Crippen LogP contribution in [-0.4, -0.2) is 25.7 Å². The number of amides is 1. The highest BCUT2D eigenvalue weighted by Gasteiger charge is 2.16. The number of pyridine rings is 1. The van der Waals surface area contributed by atoms with E-state index < -0.39 is 0 Å². The van der Waals surface area contributed by atoms with E-state index in [2.05, 4.69) is 33.1 Å². The molecular weight excluding hydrogens is 346 g/mol. The van der Waals surface area contributed by atoms with Crippen LogP contribution >= 0.6 is 11.5 Å². The Morgan fingerprint density at radius 2 is 1.92 bits per heavy atom. The minimum Gasteiger partial charge on any atom is -0.295 e. The van der Waals surface area contributed by atoms with Gasteiger partial charge in [0.1, 0.15) is 0 Å². The van der Waals surface area contributed by atoms with Crippen molar-refractivity contribution in [2.75, 3.05) is 5.32 Å². The van der Waals surface area contributed by atoms with E-state index in [1.165, 1.54) is 5.56 Å². The van der Waals surface area contributed by atoms with Gasteiger partial charge in [-0.3, -0.25) is 10.1 Å². The summed E-state index contributed by atoms with van der Waals surface area (Å²) in [5.74, 6) is -0.256. The summed E-state index contributed by atoms with van der Waals surface area (Å²) < 4.78 is 3.67. The molecule has 0 bridgehead atoms. The summed E-state index contributed by atoms with van der Waals surface area (Å²) in [6, 6.07) is 15.6. The van der Waals surface area contributed by atoms with Gasteiger partial charge >= 0.3 is 0 Å². The van der Waals surface area contributed by atoms with Gasteiger partial charge in [0.15, 0.2) is 0 Å². The summed E-state index contributed by atoms with van der Waals surface area (Å²) in [7, 11) is 0. The molecule has 0 aliphatic heterocycles. The summed E-state index contributed by atoms with van der Waals surface area (Å²) in [4.78, 5) is 17.6. The number of para-hydroxylation sites is 1. The van der Waals surface area contributed by atoms with Crippen LogP contribution in [0.25, 0.3) is 22.2 Å². The highest BCUT2D eigenvalue weighted by molar-refractivity contribution is 7.09. The normalized spacial score (nSPS) is 10.8. The van der Waals surface area contributed by atoms with Crippen LogP contribution < -0.4 is 5.32 Å². The first-order valence-electron chi connectivity index (χ1n) is 8.05. The number of aryl methyl sites for hydroxylation is 2. The van der Waals surface area contributed by atoms with Crippen LogP contribution in [0.2, 0.25) is 0 Å². The van der Waals surface area contributed by atoms with E-state index in [0.29, 0.717) is 10.7 Å². The van der Waals surface area contributed by atoms with E-state index in [1.807, 2.05) is 49.4 Å². The molecule has 4 rings (SSSR count). The van der Waals surface area contributed by atoms with Gasteiger partial charge in [0.25, 0.3) is 5.91 Å². The molecule has 0 fully saturated rings. The molecule has 0 aliphatic carbocycles. The maximum atomic E-state index is 12.8. The van der Waals surface area contributed by atoms with Crippen molar-refractivity contribution >= 4 is 33.5 Å². The number of nitrogens with one attached hydrogen (secondary N) is 1. The Kier molecular flexibility index (Phi) is 4.14. The van der Waals surface area contributed by atoms with E-state index in [0.717, 1.165) is 39.3 Å². The van der Waals surface area contributed by atoms with E-state index in [1.54, 1.807) is 0 Å². The van der Waals surface area contributed by atoms with Crippen LogP contribution in [-0.2, 0) is 0 Å². The Balaban J connectivity index is 1.87. The van der Waals surface area contributed by atoms with Gasteiger partial charge in [-0.15, -0.1) is 0 Å². The van der Waals surface area contributed by atoms with E-state index in [4.69, 9.17) is 4.98 Å². The number of hydrogen-bond acceptors (Lipinski definition) is 6. The number of anilines is 1. The van der Waals surface area contributed by atoms with Crippen molar-refractivity contribution in [2.45, 2.75) is 13.8 Å². The molecule has 0 saturated heterocycles. The average Bonchev–Trinajstić information content (AvgIpc) is 3.13. The predicted octanol–water partition coefficient (Wildman–Crippen LogP) is 4.02. The molecule has 1 N–H and O–H groups in total. The van der Waals surface area contributed by atoms with Crippen molar-refractivity contribution < 1.29 is 4.79 Å². The Morgan fingerprint density at radius 3 is 2.69 bits per heavy atom. The first-order chi connectivity index (χ1) is 12.6. The lowest BCUT2D eigenvalue weighted by molar-refractivity contribution is 0.102. The monoisotopic (exact) mass is 361 g/mol. The molecular formula is C19H15N5OS. The zero-order valence-electron chi connectivity index (χ0n) is 14.2. The smallest absolute Gasteiger partial charge is 0.258 e. The van der Waals surface area contributed by atoms with Crippen LogP contribution in [0.15, 0.2) is 48.5 Å². The van der Waals surface area contributed by atoms with Crippen LogP contribution in [0.5, 0.6) is 0 Å². The number of fused-ring (bicyclic) bond motifs is 1. The molecule has 1 amide bonds. The zero-order valence-corrected chi connectivity index (χ0v) is 15.0. The topological polar surface area (TPSA) is 80.7 Å². The van der Waals surface area contributed by atoms with Crippen LogP contribution in [0, 0.1) is 13.8 Å². The largest absolute Gasteiger partial charge is 0.295 e. The molecule has 2 aromatic carbocycles. The lowest BCUT2D eigenvalue weighted by Crippen LogP contribution is -2.13. The van der Waals surface area contributed by atoms with Crippen molar-refractivity contribution in [3.63, 3.8) is 0 Å². The highest BCUT2D eigenvalue weighted by atomic mass is 32.1. The Labute approximate surface area is 154 Å². The first-order valence-corrected chi connectivity index (χ1v) is 8.83. The lowest BCUT2D eigenvalue weighted by Gasteiger charge is -2.11. The second-order valence-corrected chi connectivity index (χ2v) is 6.74. The van der Waals surface area contributed by atoms with Gasteiger partial charge in [0, 0.05) is 22.5 Å². The van der Waals surface area contributed by atoms with E-state index in [9.17, 15) is 4.79 Å². The second kappa shape index (κ2) is 6.61. The Bertz CT molecular complexity index is 1110. The molecule has 0 saturated carbocycles. The van der Waals surface area contributed by atoms with E-state index >= 15 is 0 Å². The van der Waals surface area contributed by atoms with Gasteiger partial charge < -0.3 is 0 Å². The van der Waals surface area contributed by atoms with Crippen molar-refractivity contribution in [2.24, 2.45) is 0 Å². The second-order valence-electron chi connectivity index (χ2n) is 6.01. The fourth-order valence-corrected chi connectivity index (χ4v) is 3.31. The third-order valence-corrected chi connectivity index (χ3v) is 4.65. The SMILES string of the molecule is Cc1ccc(-c2cc(C(=O)Nc3nnns3)c3ccccc3n2)c(C)c1. The first kappa shape index (κ1) is 16.3. The highest BCUT2D eigenvalue weighted by Crippen LogP contribution is 2.28. The summed E-state index contributed by atoms with van der Waals surface area (Å²) in [6.45, 7) is 4.10. The molecule has 0 aliphatic rings. The fraction of sp³-hybridized carbons (Fsp3) is 0.105. The molecule has 0 radical (unpaired) electrons.